The first-order chi connectivity index (χ1) is 12.0. The van der Waals surface area contributed by atoms with Gasteiger partial charge in [0.1, 0.15) is 4.90 Å². The molecule has 1 aliphatic carbocycles. The number of hydrogen-bond donors (Lipinski definition) is 3. The predicted octanol–water partition coefficient (Wildman–Crippen LogP) is 3.20. The zero-order valence-electron chi connectivity index (χ0n) is 13.2. The number of carbonyl (C=O) groups is 1. The van der Waals surface area contributed by atoms with Crippen LogP contribution in [0.1, 0.15) is 25.7 Å². The van der Waals surface area contributed by atoms with Gasteiger partial charge >= 0.3 is 12.5 Å². The highest BCUT2D eigenvalue weighted by Gasteiger charge is 2.35. The van der Waals surface area contributed by atoms with Crippen LogP contribution in [0.15, 0.2) is 27.6 Å². The molecule has 0 saturated heterocycles. The van der Waals surface area contributed by atoms with Crippen LogP contribution in [0.5, 0.6) is 5.75 Å². The molecule has 0 bridgehead atoms. The predicted molar refractivity (Wildman–Crippen MR) is 88.4 cm³/mol. The van der Waals surface area contributed by atoms with Gasteiger partial charge in [-0.3, -0.25) is 0 Å². The normalized spacial score (nSPS) is 21.2. The molecule has 2 rings (SSSR count). The lowest BCUT2D eigenvalue weighted by atomic mass is 9.92. The second kappa shape index (κ2) is 8.01. The van der Waals surface area contributed by atoms with Crippen molar-refractivity contribution < 1.29 is 36.2 Å². The smallest absolute Gasteiger partial charge is 0.465 e. The summed E-state index contributed by atoms with van der Waals surface area (Å²) in [4.78, 5) is 9.99. The van der Waals surface area contributed by atoms with Gasteiger partial charge in [0.2, 0.25) is 10.0 Å². The first-order valence-corrected chi connectivity index (χ1v) is 9.81. The van der Waals surface area contributed by atoms with E-state index < -0.39 is 39.2 Å². The number of nitrogens with one attached hydrogen (secondary N) is 2. The first kappa shape index (κ1) is 20.8. The third kappa shape index (κ3) is 6.02. The summed E-state index contributed by atoms with van der Waals surface area (Å²) in [6, 6.07) is 2.46. The second-order valence-electron chi connectivity index (χ2n) is 5.76. The monoisotopic (exact) mass is 460 g/mol. The van der Waals surface area contributed by atoms with Gasteiger partial charge < -0.3 is 15.2 Å². The van der Waals surface area contributed by atoms with Crippen molar-refractivity contribution in [1.29, 1.82) is 0 Å². The summed E-state index contributed by atoms with van der Waals surface area (Å²) in [6.45, 7) is 0. The molecule has 0 unspecified atom stereocenters. The Hall–Kier alpha value is -1.53. The molecule has 0 heterocycles. The van der Waals surface area contributed by atoms with E-state index in [0.29, 0.717) is 25.7 Å². The van der Waals surface area contributed by atoms with Crippen LogP contribution in [0.4, 0.5) is 18.0 Å². The van der Waals surface area contributed by atoms with Gasteiger partial charge in [-0.1, -0.05) is 15.9 Å². The zero-order valence-corrected chi connectivity index (χ0v) is 15.6. The van der Waals surface area contributed by atoms with Crippen molar-refractivity contribution in [3.63, 3.8) is 0 Å². The van der Waals surface area contributed by atoms with Crippen LogP contribution in [-0.4, -0.2) is 38.1 Å². The molecular weight excluding hydrogens is 445 g/mol. The van der Waals surface area contributed by atoms with Gasteiger partial charge in [-0.15, -0.1) is 13.2 Å². The fourth-order valence-corrected chi connectivity index (χ4v) is 4.48. The molecule has 0 radical (unpaired) electrons. The summed E-state index contributed by atoms with van der Waals surface area (Å²) < 4.78 is 69.0. The third-order valence-corrected chi connectivity index (χ3v) is 5.85. The molecule has 0 aromatic heterocycles. The molecule has 1 fully saturated rings. The lowest BCUT2D eigenvalue weighted by Crippen LogP contribution is -2.43. The van der Waals surface area contributed by atoms with Crippen molar-refractivity contribution >= 4 is 32.0 Å². The number of carboxylic acid groups (broad SMARTS) is 1. The van der Waals surface area contributed by atoms with Crippen LogP contribution in [0.2, 0.25) is 0 Å². The molecule has 1 aromatic carbocycles. The van der Waals surface area contributed by atoms with Crippen molar-refractivity contribution in [3.8, 4) is 5.75 Å². The third-order valence-electron chi connectivity index (χ3n) is 3.80. The quantitative estimate of drug-likeness (QED) is 0.625. The number of sulfonamides is 1. The van der Waals surface area contributed by atoms with E-state index in [1.54, 1.807) is 0 Å². The van der Waals surface area contributed by atoms with Crippen LogP contribution in [-0.2, 0) is 10.0 Å². The van der Waals surface area contributed by atoms with Crippen LogP contribution >= 0.6 is 15.9 Å². The highest BCUT2D eigenvalue weighted by Crippen LogP contribution is 2.33. The second-order valence-corrected chi connectivity index (χ2v) is 8.36. The summed E-state index contributed by atoms with van der Waals surface area (Å²) in [7, 11) is -4.25. The van der Waals surface area contributed by atoms with Crippen LogP contribution in [0.25, 0.3) is 0 Å². The van der Waals surface area contributed by atoms with E-state index in [-0.39, 0.29) is 10.5 Å². The maximum Gasteiger partial charge on any atom is 0.573 e. The molecule has 7 nitrogen and oxygen atoms in total. The van der Waals surface area contributed by atoms with Crippen molar-refractivity contribution in [2.75, 3.05) is 0 Å². The maximum atomic E-state index is 12.5. The van der Waals surface area contributed by atoms with Gasteiger partial charge in [0.25, 0.3) is 0 Å². The molecule has 0 aliphatic heterocycles. The molecule has 1 aromatic rings. The number of ether oxygens (including phenoxy) is 1. The standard InChI is InChI=1S/C14H16BrF3N2O5S/c15-8-1-6-12(11(7-8)25-14(16,17)18)26(23,24)20-10-4-2-9(3-5-10)19-13(21)22/h1,6-7,9-10,19-20H,2-5H2,(H,21,22). The number of alkyl halides is 3. The number of hydrogen-bond acceptors (Lipinski definition) is 4. The van der Waals surface area contributed by atoms with Crippen LogP contribution in [0.3, 0.4) is 0 Å². The summed E-state index contributed by atoms with van der Waals surface area (Å²) in [6.07, 6.45) is -4.63. The highest BCUT2D eigenvalue weighted by atomic mass is 79.9. The summed E-state index contributed by atoms with van der Waals surface area (Å²) in [5.41, 5.74) is 0. The van der Waals surface area contributed by atoms with E-state index in [4.69, 9.17) is 5.11 Å². The van der Waals surface area contributed by atoms with Crippen molar-refractivity contribution in [3.05, 3.63) is 22.7 Å². The number of benzene rings is 1. The minimum Gasteiger partial charge on any atom is -0.465 e. The summed E-state index contributed by atoms with van der Waals surface area (Å²) in [5.74, 6) is -0.833. The molecule has 1 saturated carbocycles. The lowest BCUT2D eigenvalue weighted by molar-refractivity contribution is -0.275. The molecule has 1 amide bonds. The number of rotatable bonds is 5. The number of amides is 1. The van der Waals surface area contributed by atoms with Gasteiger partial charge in [-0.05, 0) is 43.9 Å². The average molecular weight is 461 g/mol. The van der Waals surface area contributed by atoms with Gasteiger partial charge in [-0.2, -0.15) is 0 Å². The van der Waals surface area contributed by atoms with E-state index in [2.05, 4.69) is 30.7 Å². The summed E-state index contributed by atoms with van der Waals surface area (Å²) >= 11 is 2.98. The molecule has 1 aliphatic rings. The Morgan fingerprint density at radius 1 is 1.19 bits per heavy atom. The van der Waals surface area contributed by atoms with Crippen molar-refractivity contribution in [2.24, 2.45) is 0 Å². The van der Waals surface area contributed by atoms with E-state index in [1.165, 1.54) is 6.07 Å². The van der Waals surface area contributed by atoms with Crippen molar-refractivity contribution in [1.82, 2.24) is 10.0 Å². The van der Waals surface area contributed by atoms with E-state index >= 15 is 0 Å². The Labute approximate surface area is 156 Å². The van der Waals surface area contributed by atoms with E-state index in [1.807, 2.05) is 0 Å². The maximum absolute atomic E-state index is 12.5. The topological polar surface area (TPSA) is 105 Å². The Kier molecular flexibility index (Phi) is 6.40. The molecular formula is C14H16BrF3N2O5S. The molecule has 12 heteroatoms. The van der Waals surface area contributed by atoms with Crippen LogP contribution < -0.4 is 14.8 Å². The van der Waals surface area contributed by atoms with Gasteiger partial charge in [0, 0.05) is 16.6 Å². The van der Waals surface area contributed by atoms with Crippen LogP contribution in [0, 0.1) is 0 Å². The largest absolute Gasteiger partial charge is 0.573 e. The van der Waals surface area contributed by atoms with E-state index in [0.717, 1.165) is 12.1 Å². The Balaban J connectivity index is 2.12. The fourth-order valence-electron chi connectivity index (χ4n) is 2.72. The molecule has 0 spiro atoms. The average Bonchev–Trinajstić information content (AvgIpc) is 2.46. The minimum absolute atomic E-state index is 0.232. The van der Waals surface area contributed by atoms with Gasteiger partial charge in [-0.25, -0.2) is 17.9 Å². The summed E-state index contributed by atoms with van der Waals surface area (Å²) in [5, 5.41) is 11.0. The Morgan fingerprint density at radius 2 is 1.77 bits per heavy atom. The molecule has 0 atom stereocenters. The zero-order chi connectivity index (χ0) is 19.5. The minimum atomic E-state index is -5.04. The Bertz CT molecular complexity index is 764. The Morgan fingerprint density at radius 3 is 2.31 bits per heavy atom. The first-order valence-electron chi connectivity index (χ1n) is 7.53. The molecule has 26 heavy (non-hydrogen) atoms. The van der Waals surface area contributed by atoms with Crippen molar-refractivity contribution in [2.45, 2.75) is 49.0 Å². The lowest BCUT2D eigenvalue weighted by Gasteiger charge is -2.29. The molecule has 146 valence electrons. The molecule has 3 N–H and O–H groups in total. The highest BCUT2D eigenvalue weighted by molar-refractivity contribution is 9.10. The SMILES string of the molecule is O=C(O)NC1CCC(NS(=O)(=O)c2ccc(Br)cc2OC(F)(F)F)CC1. The van der Waals surface area contributed by atoms with Gasteiger partial charge in [0.05, 0.1) is 0 Å². The van der Waals surface area contributed by atoms with E-state index in [9.17, 15) is 26.4 Å². The number of halogens is 4. The van der Waals surface area contributed by atoms with Gasteiger partial charge in [0.15, 0.2) is 5.75 Å². The fraction of sp³-hybridized carbons (Fsp3) is 0.500.